The molecule has 0 saturated carbocycles. The lowest BCUT2D eigenvalue weighted by atomic mass is 9.99. The summed E-state index contributed by atoms with van der Waals surface area (Å²) in [5.74, 6) is -0.400. The molecule has 0 saturated heterocycles. The van der Waals surface area contributed by atoms with Gasteiger partial charge in [-0.05, 0) is 25.1 Å². The summed E-state index contributed by atoms with van der Waals surface area (Å²) in [4.78, 5) is 13.3. The Hall–Kier alpha value is -1.71. The van der Waals surface area contributed by atoms with Crippen LogP contribution in [0.3, 0.4) is 0 Å². The first-order valence-electron chi connectivity index (χ1n) is 4.47. The molecule has 78 valence electrons. The van der Waals surface area contributed by atoms with Gasteiger partial charge in [-0.1, -0.05) is 0 Å². The van der Waals surface area contributed by atoms with Crippen molar-refractivity contribution in [3.63, 3.8) is 0 Å². The van der Waals surface area contributed by atoms with Gasteiger partial charge < -0.3 is 4.98 Å². The molecular weight excluding hydrogens is 200 g/mol. The van der Waals surface area contributed by atoms with Crippen LogP contribution >= 0.6 is 0 Å². The Kier molecular flexibility index (Phi) is 2.07. The van der Waals surface area contributed by atoms with Crippen LogP contribution in [-0.2, 0) is 10.5 Å². The molecule has 0 aliphatic rings. The minimum absolute atomic E-state index is 0.229. The van der Waals surface area contributed by atoms with E-state index in [2.05, 4.69) is 4.98 Å². The normalized spacial score (nSPS) is 15.1. The lowest BCUT2D eigenvalue weighted by molar-refractivity contribution is -0.117. The fourth-order valence-electron chi connectivity index (χ4n) is 1.57. The molecule has 0 aliphatic carbocycles. The summed E-state index contributed by atoms with van der Waals surface area (Å²) in [6, 6.07) is 3.96. The zero-order valence-electron chi connectivity index (χ0n) is 8.05. The lowest BCUT2D eigenvalue weighted by Gasteiger charge is -2.10. The van der Waals surface area contributed by atoms with Gasteiger partial charge in [-0.2, -0.15) is 0 Å². The molecule has 1 unspecified atom stereocenters. The largest absolute Gasteiger partial charge is 0.361 e. The van der Waals surface area contributed by atoms with E-state index < -0.39 is 11.5 Å². The fourth-order valence-corrected chi connectivity index (χ4v) is 1.57. The number of aromatic nitrogens is 1. The van der Waals surface area contributed by atoms with Crippen molar-refractivity contribution in [3.8, 4) is 0 Å². The van der Waals surface area contributed by atoms with Crippen LogP contribution in [0.5, 0.6) is 0 Å². The number of fused-ring (bicyclic) bond motifs is 1. The number of halogens is 2. The number of rotatable bonds is 2. The molecule has 0 radical (unpaired) electrons. The summed E-state index contributed by atoms with van der Waals surface area (Å²) >= 11 is 0. The van der Waals surface area contributed by atoms with Crippen molar-refractivity contribution in [2.24, 2.45) is 0 Å². The van der Waals surface area contributed by atoms with Crippen LogP contribution in [-0.4, -0.2) is 11.3 Å². The third kappa shape index (κ3) is 1.52. The first-order chi connectivity index (χ1) is 7.04. The molecule has 0 spiro atoms. The first kappa shape index (κ1) is 9.83. The van der Waals surface area contributed by atoms with Gasteiger partial charge in [-0.25, -0.2) is 8.78 Å². The van der Waals surface area contributed by atoms with Gasteiger partial charge in [0, 0.05) is 22.7 Å². The number of hydrogen-bond acceptors (Lipinski definition) is 1. The molecule has 0 amide bonds. The van der Waals surface area contributed by atoms with Crippen molar-refractivity contribution >= 4 is 17.2 Å². The molecule has 1 N–H and O–H groups in total. The molecule has 0 bridgehead atoms. The average molecular weight is 209 g/mol. The van der Waals surface area contributed by atoms with Gasteiger partial charge in [0.1, 0.15) is 5.82 Å². The Morgan fingerprint density at radius 3 is 2.87 bits per heavy atom. The van der Waals surface area contributed by atoms with Crippen molar-refractivity contribution < 1.29 is 13.6 Å². The van der Waals surface area contributed by atoms with Crippen LogP contribution in [0.2, 0.25) is 0 Å². The molecule has 1 aromatic heterocycles. The molecule has 4 heteroatoms. The quantitative estimate of drug-likeness (QED) is 0.758. The SMILES string of the molecule is CC(F)(C=O)c1c[nH]c2cc(F)ccc12. The van der Waals surface area contributed by atoms with Gasteiger partial charge in [-0.15, -0.1) is 0 Å². The minimum Gasteiger partial charge on any atom is -0.361 e. The highest BCUT2D eigenvalue weighted by Crippen LogP contribution is 2.30. The number of carbonyl (C=O) groups excluding carboxylic acids is 1. The fraction of sp³-hybridized carbons (Fsp3) is 0.182. The molecule has 2 nitrogen and oxygen atoms in total. The molecule has 15 heavy (non-hydrogen) atoms. The molecule has 0 fully saturated rings. The Balaban J connectivity index is 2.69. The first-order valence-corrected chi connectivity index (χ1v) is 4.47. The summed E-state index contributed by atoms with van der Waals surface area (Å²) < 4.78 is 26.6. The predicted octanol–water partition coefficient (Wildman–Crippen LogP) is 2.69. The van der Waals surface area contributed by atoms with Crippen LogP contribution in [0.25, 0.3) is 10.9 Å². The van der Waals surface area contributed by atoms with Gasteiger partial charge in [0.15, 0.2) is 12.0 Å². The summed E-state index contributed by atoms with van der Waals surface area (Å²) in [6.45, 7) is 1.17. The van der Waals surface area contributed by atoms with Crippen LogP contribution < -0.4 is 0 Å². The molecule has 2 aromatic rings. The van der Waals surface area contributed by atoms with Gasteiger partial charge in [0.05, 0.1) is 0 Å². The molecular formula is C11H9F2NO. The second kappa shape index (κ2) is 3.15. The van der Waals surface area contributed by atoms with Crippen molar-refractivity contribution in [2.45, 2.75) is 12.6 Å². The van der Waals surface area contributed by atoms with Crippen molar-refractivity contribution in [3.05, 3.63) is 35.8 Å². The highest BCUT2D eigenvalue weighted by molar-refractivity contribution is 5.87. The Morgan fingerprint density at radius 2 is 2.20 bits per heavy atom. The minimum atomic E-state index is -2.05. The summed E-state index contributed by atoms with van der Waals surface area (Å²) in [7, 11) is 0. The van der Waals surface area contributed by atoms with E-state index in [9.17, 15) is 13.6 Å². The predicted molar refractivity (Wildman–Crippen MR) is 52.8 cm³/mol. The molecule has 1 aromatic carbocycles. The zero-order valence-corrected chi connectivity index (χ0v) is 8.05. The third-order valence-electron chi connectivity index (χ3n) is 2.39. The van der Waals surface area contributed by atoms with Gasteiger partial charge in [0.2, 0.25) is 0 Å². The van der Waals surface area contributed by atoms with Crippen LogP contribution in [0.4, 0.5) is 8.78 Å². The lowest BCUT2D eigenvalue weighted by Crippen LogP contribution is -2.15. The average Bonchev–Trinajstić information content (AvgIpc) is 2.61. The van der Waals surface area contributed by atoms with Gasteiger partial charge >= 0.3 is 0 Å². The number of nitrogens with one attached hydrogen (secondary N) is 1. The third-order valence-corrected chi connectivity index (χ3v) is 2.39. The van der Waals surface area contributed by atoms with E-state index in [1.165, 1.54) is 31.3 Å². The van der Waals surface area contributed by atoms with Crippen LogP contribution in [0.1, 0.15) is 12.5 Å². The van der Waals surface area contributed by atoms with Crippen LogP contribution in [0, 0.1) is 5.82 Å². The van der Waals surface area contributed by atoms with E-state index in [1.54, 1.807) is 0 Å². The topological polar surface area (TPSA) is 32.9 Å². The summed E-state index contributed by atoms with van der Waals surface area (Å²) in [6.07, 6.45) is 1.62. The number of carbonyl (C=O) groups is 1. The van der Waals surface area contributed by atoms with E-state index in [0.717, 1.165) is 0 Å². The van der Waals surface area contributed by atoms with Crippen molar-refractivity contribution in [2.75, 3.05) is 0 Å². The number of aldehydes is 1. The number of H-pyrrole nitrogens is 1. The van der Waals surface area contributed by atoms with E-state index >= 15 is 0 Å². The Labute approximate surface area is 84.9 Å². The van der Waals surface area contributed by atoms with Crippen molar-refractivity contribution in [1.82, 2.24) is 4.98 Å². The van der Waals surface area contributed by atoms with E-state index in [1.807, 2.05) is 0 Å². The number of benzene rings is 1. The number of hydrogen-bond donors (Lipinski definition) is 1. The smallest absolute Gasteiger partial charge is 0.190 e. The van der Waals surface area contributed by atoms with Crippen LogP contribution in [0.15, 0.2) is 24.4 Å². The number of alkyl halides is 1. The number of aromatic amines is 1. The van der Waals surface area contributed by atoms with Crippen molar-refractivity contribution in [1.29, 1.82) is 0 Å². The molecule has 2 rings (SSSR count). The highest BCUT2D eigenvalue weighted by Gasteiger charge is 2.28. The standard InChI is InChI=1S/C11H9F2NO/c1-11(13,6-15)9-5-14-10-4-7(12)2-3-8(9)10/h2-6,14H,1H3. The Morgan fingerprint density at radius 1 is 1.47 bits per heavy atom. The maximum Gasteiger partial charge on any atom is 0.190 e. The van der Waals surface area contributed by atoms with Gasteiger partial charge in [-0.3, -0.25) is 4.79 Å². The second-order valence-corrected chi connectivity index (χ2v) is 3.59. The summed E-state index contributed by atoms with van der Waals surface area (Å²) in [5, 5.41) is 0.522. The maximum atomic E-state index is 13.7. The highest BCUT2D eigenvalue weighted by atomic mass is 19.1. The second-order valence-electron chi connectivity index (χ2n) is 3.59. The molecule has 0 aliphatic heterocycles. The molecule has 1 heterocycles. The van der Waals surface area contributed by atoms with E-state index in [-0.39, 0.29) is 11.8 Å². The summed E-state index contributed by atoms with van der Waals surface area (Å²) in [5.41, 5.74) is -1.33. The Bertz CT molecular complexity index is 516. The monoisotopic (exact) mass is 209 g/mol. The zero-order chi connectivity index (χ0) is 11.1. The van der Waals surface area contributed by atoms with E-state index in [4.69, 9.17) is 0 Å². The van der Waals surface area contributed by atoms with Gasteiger partial charge in [0.25, 0.3) is 0 Å². The maximum absolute atomic E-state index is 13.7. The van der Waals surface area contributed by atoms with E-state index in [0.29, 0.717) is 10.9 Å². The molecule has 1 atom stereocenters.